The molecule has 6 heteroatoms. The lowest BCUT2D eigenvalue weighted by Gasteiger charge is -2.07. The highest BCUT2D eigenvalue weighted by Gasteiger charge is 2.23. The average Bonchev–Trinajstić information content (AvgIpc) is 3.10. The summed E-state index contributed by atoms with van der Waals surface area (Å²) < 4.78 is 13.3. The molecule has 0 atom stereocenters. The fourth-order valence-electron chi connectivity index (χ4n) is 1.49. The molecule has 18 heavy (non-hydrogen) atoms. The highest BCUT2D eigenvalue weighted by Crippen LogP contribution is 2.19. The second-order valence-corrected chi connectivity index (χ2v) is 4.16. The van der Waals surface area contributed by atoms with E-state index in [2.05, 4.69) is 10.6 Å². The molecule has 0 unspecified atom stereocenters. The Labute approximate surface area is 103 Å². The van der Waals surface area contributed by atoms with Crippen LogP contribution in [0.25, 0.3) is 0 Å². The van der Waals surface area contributed by atoms with Crippen molar-refractivity contribution in [3.8, 4) is 5.75 Å². The predicted octanol–water partition coefficient (Wildman–Crippen LogP) is 0.540. The fourth-order valence-corrected chi connectivity index (χ4v) is 1.49. The van der Waals surface area contributed by atoms with Crippen molar-refractivity contribution < 1.29 is 19.1 Å². The van der Waals surface area contributed by atoms with E-state index in [1.165, 1.54) is 12.1 Å². The maximum Gasteiger partial charge on any atom is 0.258 e. The number of phenols is 1. The van der Waals surface area contributed by atoms with Crippen LogP contribution in [-0.2, 0) is 4.79 Å². The first kappa shape index (κ1) is 12.3. The third-order valence-electron chi connectivity index (χ3n) is 2.57. The van der Waals surface area contributed by atoms with Gasteiger partial charge in [-0.1, -0.05) is 6.07 Å². The molecule has 1 aliphatic rings. The van der Waals surface area contributed by atoms with E-state index >= 15 is 0 Å². The van der Waals surface area contributed by atoms with Gasteiger partial charge in [-0.3, -0.25) is 9.59 Å². The number of phenolic OH excluding ortho intramolecular Hbond substituents is 1. The van der Waals surface area contributed by atoms with Gasteiger partial charge in [0.25, 0.3) is 5.91 Å². The molecule has 0 bridgehead atoms. The number of benzene rings is 1. The molecule has 0 heterocycles. The lowest BCUT2D eigenvalue weighted by Crippen LogP contribution is -2.38. The molecule has 1 aromatic rings. The van der Waals surface area contributed by atoms with Gasteiger partial charge in [0.05, 0.1) is 6.54 Å². The maximum atomic E-state index is 13.3. The van der Waals surface area contributed by atoms with E-state index in [9.17, 15) is 19.1 Å². The number of hydrogen-bond acceptors (Lipinski definition) is 3. The normalized spacial score (nSPS) is 14.1. The van der Waals surface area contributed by atoms with Crippen molar-refractivity contribution in [2.45, 2.75) is 18.9 Å². The van der Waals surface area contributed by atoms with Gasteiger partial charge in [0.15, 0.2) is 0 Å². The van der Waals surface area contributed by atoms with Crippen LogP contribution in [0.1, 0.15) is 23.2 Å². The quantitative estimate of drug-likeness (QED) is 0.731. The van der Waals surface area contributed by atoms with E-state index in [1.807, 2.05) is 0 Å². The average molecular weight is 252 g/mol. The number of carbonyl (C=O) groups is 2. The largest absolute Gasteiger partial charge is 0.507 e. The second kappa shape index (κ2) is 5.03. The van der Waals surface area contributed by atoms with Crippen molar-refractivity contribution >= 4 is 11.8 Å². The van der Waals surface area contributed by atoms with Crippen molar-refractivity contribution in [2.75, 3.05) is 6.54 Å². The lowest BCUT2D eigenvalue weighted by atomic mass is 10.1. The molecule has 2 rings (SSSR count). The third-order valence-corrected chi connectivity index (χ3v) is 2.57. The SMILES string of the molecule is O=C(CNC(=O)c1c(O)cccc1F)NC1CC1. The zero-order valence-electron chi connectivity index (χ0n) is 9.57. The van der Waals surface area contributed by atoms with Crippen LogP contribution >= 0.6 is 0 Å². The Bertz CT molecular complexity index is 466. The van der Waals surface area contributed by atoms with Gasteiger partial charge < -0.3 is 15.7 Å². The van der Waals surface area contributed by atoms with E-state index in [0.29, 0.717) is 0 Å². The number of carbonyl (C=O) groups excluding carboxylic acids is 2. The summed E-state index contributed by atoms with van der Waals surface area (Å²) in [7, 11) is 0. The first-order chi connectivity index (χ1) is 8.58. The van der Waals surface area contributed by atoms with Crippen molar-refractivity contribution in [1.82, 2.24) is 10.6 Å². The molecule has 0 radical (unpaired) electrons. The highest BCUT2D eigenvalue weighted by atomic mass is 19.1. The van der Waals surface area contributed by atoms with Crippen LogP contribution in [0.2, 0.25) is 0 Å². The smallest absolute Gasteiger partial charge is 0.258 e. The van der Waals surface area contributed by atoms with Gasteiger partial charge in [-0.25, -0.2) is 4.39 Å². The molecule has 96 valence electrons. The zero-order chi connectivity index (χ0) is 13.1. The molecule has 1 aliphatic carbocycles. The molecular formula is C12H13FN2O3. The van der Waals surface area contributed by atoms with Crippen LogP contribution in [0.15, 0.2) is 18.2 Å². The zero-order valence-corrected chi connectivity index (χ0v) is 9.57. The monoisotopic (exact) mass is 252 g/mol. The number of hydrogen-bond donors (Lipinski definition) is 3. The molecule has 3 N–H and O–H groups in total. The molecule has 1 aromatic carbocycles. The van der Waals surface area contributed by atoms with Crippen molar-refractivity contribution in [2.24, 2.45) is 0 Å². The Morgan fingerprint density at radius 2 is 2.11 bits per heavy atom. The van der Waals surface area contributed by atoms with E-state index in [-0.39, 0.29) is 18.5 Å². The lowest BCUT2D eigenvalue weighted by molar-refractivity contribution is -0.120. The molecule has 0 aliphatic heterocycles. The molecular weight excluding hydrogens is 239 g/mol. The Kier molecular flexibility index (Phi) is 3.45. The Morgan fingerprint density at radius 1 is 1.39 bits per heavy atom. The first-order valence-corrected chi connectivity index (χ1v) is 5.63. The van der Waals surface area contributed by atoms with Crippen LogP contribution in [0.3, 0.4) is 0 Å². The summed E-state index contributed by atoms with van der Waals surface area (Å²) in [4.78, 5) is 22.9. The fraction of sp³-hybridized carbons (Fsp3) is 0.333. The van der Waals surface area contributed by atoms with E-state index in [4.69, 9.17) is 0 Å². The van der Waals surface area contributed by atoms with Crippen LogP contribution in [0.5, 0.6) is 5.75 Å². The molecule has 1 saturated carbocycles. The summed E-state index contributed by atoms with van der Waals surface area (Å²) in [5.41, 5.74) is -0.447. The number of nitrogens with one attached hydrogen (secondary N) is 2. The van der Waals surface area contributed by atoms with Gasteiger partial charge in [0, 0.05) is 6.04 Å². The number of amides is 2. The van der Waals surface area contributed by atoms with Crippen LogP contribution in [-0.4, -0.2) is 29.5 Å². The van der Waals surface area contributed by atoms with Crippen LogP contribution in [0.4, 0.5) is 4.39 Å². The number of halogens is 1. The van der Waals surface area contributed by atoms with Gasteiger partial charge in [0.2, 0.25) is 5.91 Å². The minimum absolute atomic E-state index is 0.205. The van der Waals surface area contributed by atoms with Crippen molar-refractivity contribution in [3.63, 3.8) is 0 Å². The van der Waals surface area contributed by atoms with Crippen LogP contribution < -0.4 is 10.6 Å². The van der Waals surface area contributed by atoms with Gasteiger partial charge in [0.1, 0.15) is 17.1 Å². The van der Waals surface area contributed by atoms with Gasteiger partial charge in [-0.05, 0) is 25.0 Å². The topological polar surface area (TPSA) is 78.4 Å². The molecule has 0 spiro atoms. The molecule has 0 aromatic heterocycles. The highest BCUT2D eigenvalue weighted by molar-refractivity contribution is 5.98. The van der Waals surface area contributed by atoms with Crippen LogP contribution in [0, 0.1) is 5.82 Å². The van der Waals surface area contributed by atoms with E-state index < -0.39 is 23.0 Å². The minimum atomic E-state index is -0.824. The summed E-state index contributed by atoms with van der Waals surface area (Å²) in [5.74, 6) is -2.40. The van der Waals surface area contributed by atoms with E-state index in [0.717, 1.165) is 18.9 Å². The maximum absolute atomic E-state index is 13.3. The van der Waals surface area contributed by atoms with Gasteiger partial charge >= 0.3 is 0 Å². The Balaban J connectivity index is 1.92. The number of aromatic hydroxyl groups is 1. The standard InChI is InChI=1S/C12H13FN2O3/c13-8-2-1-3-9(16)11(8)12(18)14-6-10(17)15-7-4-5-7/h1-3,7,16H,4-6H2,(H,14,18)(H,15,17). The third kappa shape index (κ3) is 2.97. The Hall–Kier alpha value is -2.11. The summed E-state index contributed by atoms with van der Waals surface area (Å²) in [6.45, 7) is -0.233. The molecule has 1 fully saturated rings. The summed E-state index contributed by atoms with van der Waals surface area (Å²) in [6, 6.07) is 3.78. The van der Waals surface area contributed by atoms with Crippen molar-refractivity contribution in [1.29, 1.82) is 0 Å². The molecule has 5 nitrogen and oxygen atoms in total. The van der Waals surface area contributed by atoms with E-state index in [1.54, 1.807) is 0 Å². The van der Waals surface area contributed by atoms with Gasteiger partial charge in [-0.2, -0.15) is 0 Å². The minimum Gasteiger partial charge on any atom is -0.507 e. The summed E-state index contributed by atoms with van der Waals surface area (Å²) >= 11 is 0. The Morgan fingerprint density at radius 3 is 2.72 bits per heavy atom. The predicted molar refractivity (Wildman–Crippen MR) is 61.6 cm³/mol. The van der Waals surface area contributed by atoms with Crippen molar-refractivity contribution in [3.05, 3.63) is 29.6 Å². The summed E-state index contributed by atoms with van der Waals surface area (Å²) in [6.07, 6.45) is 1.90. The molecule has 2 amide bonds. The number of rotatable bonds is 4. The second-order valence-electron chi connectivity index (χ2n) is 4.16. The summed E-state index contributed by atoms with van der Waals surface area (Å²) in [5, 5.41) is 14.3. The molecule has 0 saturated heterocycles. The van der Waals surface area contributed by atoms with Gasteiger partial charge in [-0.15, -0.1) is 0 Å². The first-order valence-electron chi connectivity index (χ1n) is 5.63.